The lowest BCUT2D eigenvalue weighted by molar-refractivity contribution is -0.113. The molecule has 0 unspecified atom stereocenters. The monoisotopic (exact) mass is 477 g/mol. The smallest absolute Gasteiger partial charge is 0.234 e. The zero-order chi connectivity index (χ0) is 23.2. The standard InChI is InChI=1S/C25H31N7OS/c33-24(19-34-25-27-28-29-32(25)23-8-4-5-9-23)26-21-10-12-22(13-11-21)31-16-14-30(15-17-31)18-20-6-2-1-3-7-20/h1-3,6-7,10-13,23H,4-5,8-9,14-19H2,(H,26,33). The van der Waals surface area contributed by atoms with E-state index in [1.165, 1.54) is 35.9 Å². The molecule has 1 saturated carbocycles. The van der Waals surface area contributed by atoms with Gasteiger partial charge in [-0.1, -0.05) is 54.9 Å². The van der Waals surface area contributed by atoms with Gasteiger partial charge in [0.2, 0.25) is 11.1 Å². The molecule has 0 atom stereocenters. The van der Waals surface area contributed by atoms with Crippen molar-refractivity contribution in [1.29, 1.82) is 0 Å². The van der Waals surface area contributed by atoms with E-state index in [9.17, 15) is 4.79 Å². The third-order valence-corrected chi connectivity index (χ3v) is 7.54. The third kappa shape index (κ3) is 5.77. The van der Waals surface area contributed by atoms with Crippen LogP contribution in [0.1, 0.15) is 37.3 Å². The van der Waals surface area contributed by atoms with E-state index >= 15 is 0 Å². The van der Waals surface area contributed by atoms with Gasteiger partial charge in [0.1, 0.15) is 0 Å². The first-order chi connectivity index (χ1) is 16.7. The number of nitrogens with zero attached hydrogens (tertiary/aromatic N) is 6. The molecule has 34 heavy (non-hydrogen) atoms. The van der Waals surface area contributed by atoms with E-state index in [4.69, 9.17) is 0 Å². The van der Waals surface area contributed by atoms with Gasteiger partial charge in [0.25, 0.3) is 0 Å². The number of anilines is 2. The van der Waals surface area contributed by atoms with Crippen LogP contribution in [0.15, 0.2) is 59.8 Å². The van der Waals surface area contributed by atoms with Gasteiger partial charge in [-0.15, -0.1) is 5.10 Å². The molecular formula is C25H31N7OS. The Labute approximate surface area is 204 Å². The van der Waals surface area contributed by atoms with Gasteiger partial charge in [0.15, 0.2) is 0 Å². The van der Waals surface area contributed by atoms with Crippen LogP contribution in [-0.4, -0.2) is 62.9 Å². The zero-order valence-corrected chi connectivity index (χ0v) is 20.2. The first-order valence-electron chi connectivity index (χ1n) is 12.1. The predicted octanol–water partition coefficient (Wildman–Crippen LogP) is 3.84. The molecule has 0 bridgehead atoms. The highest BCUT2D eigenvalue weighted by Gasteiger charge is 2.22. The summed E-state index contributed by atoms with van der Waals surface area (Å²) in [4.78, 5) is 17.4. The maximum atomic E-state index is 12.5. The van der Waals surface area contributed by atoms with Crippen LogP contribution in [0.4, 0.5) is 11.4 Å². The summed E-state index contributed by atoms with van der Waals surface area (Å²) in [5, 5.41) is 15.8. The molecule has 0 radical (unpaired) electrons. The van der Waals surface area contributed by atoms with Crippen molar-refractivity contribution < 1.29 is 4.79 Å². The fourth-order valence-corrected chi connectivity index (χ4v) is 5.49. The number of rotatable bonds is 8. The highest BCUT2D eigenvalue weighted by atomic mass is 32.2. The third-order valence-electron chi connectivity index (χ3n) is 6.60. The minimum Gasteiger partial charge on any atom is -0.369 e. The molecule has 178 valence electrons. The number of nitrogens with one attached hydrogen (secondary N) is 1. The molecule has 2 aliphatic rings. The van der Waals surface area contributed by atoms with Gasteiger partial charge in [-0.25, -0.2) is 4.68 Å². The Bertz CT molecular complexity index is 1060. The van der Waals surface area contributed by atoms with Crippen LogP contribution in [0.3, 0.4) is 0 Å². The Morgan fingerprint density at radius 3 is 2.44 bits per heavy atom. The molecule has 2 fully saturated rings. The SMILES string of the molecule is O=C(CSc1nnnn1C1CCCC1)Nc1ccc(N2CCN(Cc3ccccc3)CC2)cc1. The van der Waals surface area contributed by atoms with E-state index in [0.29, 0.717) is 6.04 Å². The number of benzene rings is 2. The van der Waals surface area contributed by atoms with Crippen molar-refractivity contribution in [3.63, 3.8) is 0 Å². The van der Waals surface area contributed by atoms with E-state index in [1.54, 1.807) is 0 Å². The first-order valence-corrected chi connectivity index (χ1v) is 13.0. The van der Waals surface area contributed by atoms with Crippen molar-refractivity contribution in [2.24, 2.45) is 0 Å². The summed E-state index contributed by atoms with van der Waals surface area (Å²) in [7, 11) is 0. The molecule has 1 N–H and O–H groups in total. The number of hydrogen-bond acceptors (Lipinski definition) is 7. The van der Waals surface area contributed by atoms with Gasteiger partial charge in [-0.05, 0) is 53.1 Å². The van der Waals surface area contributed by atoms with Crippen molar-refractivity contribution in [2.75, 3.05) is 42.1 Å². The Morgan fingerprint density at radius 2 is 1.71 bits per heavy atom. The van der Waals surface area contributed by atoms with Crippen LogP contribution < -0.4 is 10.2 Å². The average molecular weight is 478 g/mol. The van der Waals surface area contributed by atoms with Crippen molar-refractivity contribution in [3.8, 4) is 0 Å². The van der Waals surface area contributed by atoms with Crippen molar-refractivity contribution in [3.05, 3.63) is 60.2 Å². The van der Waals surface area contributed by atoms with Crippen LogP contribution in [0, 0.1) is 0 Å². The lowest BCUT2D eigenvalue weighted by Gasteiger charge is -2.36. The van der Waals surface area contributed by atoms with E-state index in [1.807, 2.05) is 16.8 Å². The van der Waals surface area contributed by atoms with Gasteiger partial charge >= 0.3 is 0 Å². The second-order valence-corrected chi connectivity index (χ2v) is 9.92. The normalized spacial score (nSPS) is 17.2. The summed E-state index contributed by atoms with van der Waals surface area (Å²) in [5.74, 6) is 0.242. The van der Waals surface area contributed by atoms with Crippen LogP contribution in [-0.2, 0) is 11.3 Å². The molecule has 9 heteroatoms. The van der Waals surface area contributed by atoms with Crippen LogP contribution in [0.5, 0.6) is 0 Å². The fourth-order valence-electron chi connectivity index (χ4n) is 4.75. The topological polar surface area (TPSA) is 79.2 Å². The Hall–Kier alpha value is -2.91. The molecule has 3 aromatic rings. The van der Waals surface area contributed by atoms with Crippen LogP contribution >= 0.6 is 11.8 Å². The molecule has 1 saturated heterocycles. The predicted molar refractivity (Wildman–Crippen MR) is 135 cm³/mol. The summed E-state index contributed by atoms with van der Waals surface area (Å²) < 4.78 is 1.89. The van der Waals surface area contributed by atoms with E-state index in [2.05, 4.69) is 73.1 Å². The number of amides is 1. The first kappa shape index (κ1) is 22.9. The molecule has 1 aromatic heterocycles. The molecule has 8 nitrogen and oxygen atoms in total. The average Bonchev–Trinajstić information content (AvgIpc) is 3.56. The van der Waals surface area contributed by atoms with Gasteiger partial charge in [0.05, 0.1) is 11.8 Å². The second kappa shape index (κ2) is 11.0. The maximum Gasteiger partial charge on any atom is 0.234 e. The fraction of sp³-hybridized carbons (Fsp3) is 0.440. The minimum atomic E-state index is -0.0479. The van der Waals surface area contributed by atoms with Crippen molar-refractivity contribution in [1.82, 2.24) is 25.1 Å². The zero-order valence-electron chi connectivity index (χ0n) is 19.3. The molecule has 2 heterocycles. The summed E-state index contributed by atoms with van der Waals surface area (Å²) >= 11 is 1.40. The Kier molecular flexibility index (Phi) is 7.40. The number of carbonyl (C=O) groups excluding carboxylic acids is 1. The summed E-state index contributed by atoms with van der Waals surface area (Å²) in [6.45, 7) is 5.11. The lowest BCUT2D eigenvalue weighted by atomic mass is 10.2. The maximum absolute atomic E-state index is 12.5. The lowest BCUT2D eigenvalue weighted by Crippen LogP contribution is -2.45. The molecule has 1 aliphatic carbocycles. The number of hydrogen-bond donors (Lipinski definition) is 1. The number of tetrazole rings is 1. The quantitative estimate of drug-likeness (QED) is 0.494. The summed E-state index contributed by atoms with van der Waals surface area (Å²) in [6.07, 6.45) is 4.65. The largest absolute Gasteiger partial charge is 0.369 e. The number of aromatic nitrogens is 4. The highest BCUT2D eigenvalue weighted by molar-refractivity contribution is 7.99. The van der Waals surface area contributed by atoms with Crippen LogP contribution in [0.2, 0.25) is 0 Å². The van der Waals surface area contributed by atoms with Crippen molar-refractivity contribution in [2.45, 2.75) is 43.4 Å². The Balaban J connectivity index is 1.08. The van der Waals surface area contributed by atoms with Gasteiger partial charge in [0, 0.05) is 44.1 Å². The van der Waals surface area contributed by atoms with Crippen molar-refractivity contribution >= 4 is 29.0 Å². The summed E-state index contributed by atoms with van der Waals surface area (Å²) in [6, 6.07) is 19.2. The molecule has 1 aliphatic heterocycles. The Morgan fingerprint density at radius 1 is 0.971 bits per heavy atom. The molecular weight excluding hydrogens is 446 g/mol. The van der Waals surface area contributed by atoms with E-state index in [-0.39, 0.29) is 11.7 Å². The van der Waals surface area contributed by atoms with E-state index in [0.717, 1.165) is 56.4 Å². The van der Waals surface area contributed by atoms with Gasteiger partial charge in [-0.2, -0.15) is 0 Å². The number of carbonyl (C=O) groups is 1. The van der Waals surface area contributed by atoms with Gasteiger partial charge in [-0.3, -0.25) is 9.69 Å². The molecule has 5 rings (SSSR count). The molecule has 0 spiro atoms. The number of piperazine rings is 1. The minimum absolute atomic E-state index is 0.0479. The summed E-state index contributed by atoms with van der Waals surface area (Å²) in [5.41, 5.74) is 3.37. The second-order valence-electron chi connectivity index (χ2n) is 8.98. The molecule has 2 aromatic carbocycles. The van der Waals surface area contributed by atoms with Crippen LogP contribution in [0.25, 0.3) is 0 Å². The highest BCUT2D eigenvalue weighted by Crippen LogP contribution is 2.31. The number of thioether (sulfide) groups is 1. The molecule has 1 amide bonds. The van der Waals surface area contributed by atoms with E-state index < -0.39 is 0 Å². The van der Waals surface area contributed by atoms with Gasteiger partial charge < -0.3 is 10.2 Å².